The Morgan fingerprint density at radius 3 is 2.67 bits per heavy atom. The van der Waals surface area contributed by atoms with Gasteiger partial charge in [0.2, 0.25) is 0 Å². The smallest absolute Gasteiger partial charge is 0.123 e. The Morgan fingerprint density at radius 1 is 1.33 bits per heavy atom. The number of halogens is 2. The van der Waals surface area contributed by atoms with Gasteiger partial charge < -0.3 is 5.32 Å². The summed E-state index contributed by atoms with van der Waals surface area (Å²) >= 11 is 3.51. The largest absolute Gasteiger partial charge is 0.314 e. The van der Waals surface area contributed by atoms with Crippen LogP contribution in [0.5, 0.6) is 0 Å². The maximum atomic E-state index is 13.2. The van der Waals surface area contributed by atoms with Gasteiger partial charge in [0.15, 0.2) is 0 Å². The second-order valence-corrected chi connectivity index (χ2v) is 6.45. The second kappa shape index (κ2) is 6.16. The van der Waals surface area contributed by atoms with Gasteiger partial charge in [0.1, 0.15) is 5.82 Å². The molecule has 1 aromatic carbocycles. The van der Waals surface area contributed by atoms with Crippen molar-refractivity contribution in [2.45, 2.75) is 39.2 Å². The van der Waals surface area contributed by atoms with E-state index in [1.54, 1.807) is 6.07 Å². The van der Waals surface area contributed by atoms with Crippen LogP contribution in [0.1, 0.15) is 32.3 Å². The van der Waals surface area contributed by atoms with Gasteiger partial charge in [-0.2, -0.15) is 0 Å². The van der Waals surface area contributed by atoms with Gasteiger partial charge in [0.05, 0.1) is 0 Å². The summed E-state index contributed by atoms with van der Waals surface area (Å²) in [6.45, 7) is 5.45. The molecule has 0 bridgehead atoms. The zero-order valence-corrected chi connectivity index (χ0v) is 12.6. The van der Waals surface area contributed by atoms with Crippen LogP contribution in [0.3, 0.4) is 0 Å². The topological polar surface area (TPSA) is 12.0 Å². The van der Waals surface area contributed by atoms with Crippen molar-refractivity contribution in [3.05, 3.63) is 34.1 Å². The number of hydrogen-bond acceptors (Lipinski definition) is 1. The lowest BCUT2D eigenvalue weighted by Crippen LogP contribution is -2.38. The Bertz CT molecular complexity index is 405. The van der Waals surface area contributed by atoms with Crippen molar-refractivity contribution in [1.29, 1.82) is 0 Å². The highest BCUT2D eigenvalue weighted by molar-refractivity contribution is 9.10. The van der Waals surface area contributed by atoms with E-state index in [9.17, 15) is 4.39 Å². The zero-order chi connectivity index (χ0) is 13.1. The molecule has 1 fully saturated rings. The normalized spacial score (nSPS) is 23.2. The fourth-order valence-corrected chi connectivity index (χ4v) is 2.95. The predicted molar refractivity (Wildman–Crippen MR) is 77.2 cm³/mol. The van der Waals surface area contributed by atoms with Crippen molar-refractivity contribution in [2.75, 3.05) is 6.54 Å². The molecule has 2 rings (SSSR count). The van der Waals surface area contributed by atoms with Gasteiger partial charge >= 0.3 is 0 Å². The van der Waals surface area contributed by atoms with Crippen LogP contribution in [0.2, 0.25) is 0 Å². The maximum Gasteiger partial charge on any atom is 0.123 e. The first-order valence-electron chi connectivity index (χ1n) is 6.73. The van der Waals surface area contributed by atoms with Crippen molar-refractivity contribution < 1.29 is 4.39 Å². The highest BCUT2D eigenvalue weighted by atomic mass is 79.9. The molecule has 1 saturated carbocycles. The van der Waals surface area contributed by atoms with Gasteiger partial charge in [-0.1, -0.05) is 29.8 Å². The summed E-state index contributed by atoms with van der Waals surface area (Å²) in [5.41, 5.74) is 1.11. The van der Waals surface area contributed by atoms with Crippen LogP contribution < -0.4 is 5.32 Å². The highest BCUT2D eigenvalue weighted by Crippen LogP contribution is 2.37. The van der Waals surface area contributed by atoms with Crippen molar-refractivity contribution >= 4 is 15.9 Å². The Balaban J connectivity index is 1.91. The Kier molecular flexibility index (Phi) is 4.79. The summed E-state index contributed by atoms with van der Waals surface area (Å²) in [6.07, 6.45) is 3.56. The molecule has 0 radical (unpaired) electrons. The van der Waals surface area contributed by atoms with Gasteiger partial charge in [-0.05, 0) is 61.4 Å². The van der Waals surface area contributed by atoms with Crippen molar-refractivity contribution in [1.82, 2.24) is 5.32 Å². The van der Waals surface area contributed by atoms with E-state index in [0.717, 1.165) is 28.9 Å². The lowest BCUT2D eigenvalue weighted by Gasteiger charge is -2.37. The third kappa shape index (κ3) is 3.55. The van der Waals surface area contributed by atoms with Crippen LogP contribution in [-0.4, -0.2) is 12.6 Å². The van der Waals surface area contributed by atoms with Crippen molar-refractivity contribution in [3.63, 3.8) is 0 Å². The number of rotatable bonds is 5. The van der Waals surface area contributed by atoms with Crippen LogP contribution >= 0.6 is 15.9 Å². The summed E-state index contributed by atoms with van der Waals surface area (Å²) < 4.78 is 14.3. The van der Waals surface area contributed by atoms with Crippen molar-refractivity contribution in [3.8, 4) is 0 Å². The molecule has 2 atom stereocenters. The Hall–Kier alpha value is -0.410. The van der Waals surface area contributed by atoms with E-state index in [1.807, 2.05) is 6.07 Å². The molecule has 3 heteroatoms. The molecule has 1 aromatic rings. The first-order chi connectivity index (χ1) is 8.56. The van der Waals surface area contributed by atoms with Crippen LogP contribution in [0.4, 0.5) is 4.39 Å². The van der Waals surface area contributed by atoms with E-state index in [0.29, 0.717) is 12.0 Å². The van der Waals surface area contributed by atoms with Gasteiger partial charge in [-0.15, -0.1) is 0 Å². The molecule has 0 spiro atoms. The van der Waals surface area contributed by atoms with Crippen LogP contribution in [0, 0.1) is 17.7 Å². The monoisotopic (exact) mass is 313 g/mol. The minimum Gasteiger partial charge on any atom is -0.314 e. The molecule has 100 valence electrons. The molecule has 0 heterocycles. The predicted octanol–water partition coefficient (Wildman–Crippen LogP) is 4.15. The molecular formula is C15H21BrFN. The fourth-order valence-electron chi connectivity index (χ4n) is 2.54. The molecule has 1 aliphatic rings. The molecule has 2 unspecified atom stereocenters. The fraction of sp³-hybridized carbons (Fsp3) is 0.600. The van der Waals surface area contributed by atoms with Gasteiger partial charge in [0.25, 0.3) is 0 Å². The summed E-state index contributed by atoms with van der Waals surface area (Å²) in [7, 11) is 0. The number of hydrogen-bond donors (Lipinski definition) is 1. The molecule has 0 aromatic heterocycles. The minimum atomic E-state index is -0.135. The maximum absolute atomic E-state index is 13.2. The van der Waals surface area contributed by atoms with Gasteiger partial charge in [-0.25, -0.2) is 4.39 Å². The van der Waals surface area contributed by atoms with Crippen LogP contribution in [0.25, 0.3) is 0 Å². The summed E-state index contributed by atoms with van der Waals surface area (Å²) in [4.78, 5) is 0. The summed E-state index contributed by atoms with van der Waals surface area (Å²) in [5.74, 6) is 1.32. The third-order valence-corrected chi connectivity index (χ3v) is 4.63. The number of nitrogens with one attached hydrogen (secondary N) is 1. The van der Waals surface area contributed by atoms with Crippen LogP contribution in [-0.2, 0) is 6.42 Å². The van der Waals surface area contributed by atoms with Crippen LogP contribution in [0.15, 0.2) is 22.7 Å². The molecule has 0 saturated heterocycles. The summed E-state index contributed by atoms with van der Waals surface area (Å²) in [5, 5.41) is 3.50. The third-order valence-electron chi connectivity index (χ3n) is 3.85. The molecule has 18 heavy (non-hydrogen) atoms. The molecule has 1 nitrogen and oxygen atoms in total. The van der Waals surface area contributed by atoms with E-state index >= 15 is 0 Å². The van der Waals surface area contributed by atoms with E-state index < -0.39 is 0 Å². The van der Waals surface area contributed by atoms with E-state index in [1.165, 1.54) is 18.9 Å². The number of benzene rings is 1. The first-order valence-corrected chi connectivity index (χ1v) is 7.53. The molecule has 0 amide bonds. The standard InChI is InChI=1S/C15H21BrFN/c1-10(2)18-9-12-4-3-11(12)7-13-8-14(17)5-6-15(13)16/h5-6,8,10-12,18H,3-4,7,9H2,1-2H3. The van der Waals surface area contributed by atoms with E-state index in [2.05, 4.69) is 35.1 Å². The first kappa shape index (κ1) is 14.0. The molecule has 1 aliphatic carbocycles. The average Bonchev–Trinajstić information content (AvgIpc) is 2.28. The summed E-state index contributed by atoms with van der Waals surface area (Å²) in [6, 6.07) is 5.53. The Morgan fingerprint density at radius 2 is 2.06 bits per heavy atom. The zero-order valence-electron chi connectivity index (χ0n) is 11.0. The quantitative estimate of drug-likeness (QED) is 0.861. The lowest BCUT2D eigenvalue weighted by atomic mass is 9.70. The van der Waals surface area contributed by atoms with E-state index in [4.69, 9.17) is 0 Å². The molecular weight excluding hydrogens is 293 g/mol. The minimum absolute atomic E-state index is 0.135. The SMILES string of the molecule is CC(C)NCC1CCC1Cc1cc(F)ccc1Br. The van der Waals surface area contributed by atoms with Gasteiger partial charge in [0, 0.05) is 10.5 Å². The van der Waals surface area contributed by atoms with E-state index in [-0.39, 0.29) is 5.82 Å². The highest BCUT2D eigenvalue weighted by Gasteiger charge is 2.30. The lowest BCUT2D eigenvalue weighted by molar-refractivity contribution is 0.167. The molecule has 1 N–H and O–H groups in total. The Labute approximate surface area is 117 Å². The second-order valence-electron chi connectivity index (χ2n) is 5.60. The average molecular weight is 314 g/mol. The van der Waals surface area contributed by atoms with Crippen molar-refractivity contribution in [2.24, 2.45) is 11.8 Å². The van der Waals surface area contributed by atoms with Gasteiger partial charge in [-0.3, -0.25) is 0 Å². The molecule has 0 aliphatic heterocycles.